The van der Waals surface area contributed by atoms with Crippen molar-refractivity contribution in [2.24, 2.45) is 5.84 Å². The first-order chi connectivity index (χ1) is 4.96. The molecule has 1 unspecified atom stereocenters. The van der Waals surface area contributed by atoms with Gasteiger partial charge in [-0.05, 0) is 34.4 Å². The lowest BCUT2D eigenvalue weighted by Gasteiger charge is -2.39. The number of nitrogens with one attached hydrogen (secondary N) is 1. The molecule has 0 aromatic carbocycles. The highest BCUT2D eigenvalue weighted by Crippen LogP contribution is 2.17. The second-order valence-corrected chi connectivity index (χ2v) is 3.68. The monoisotopic (exact) mass is 159 g/mol. The van der Waals surface area contributed by atoms with Gasteiger partial charge < -0.3 is 4.90 Å². The van der Waals surface area contributed by atoms with Crippen LogP contribution < -0.4 is 11.3 Å². The zero-order valence-corrected chi connectivity index (χ0v) is 8.31. The Morgan fingerprint density at radius 2 is 1.91 bits per heavy atom. The molecule has 68 valence electrons. The van der Waals surface area contributed by atoms with E-state index in [2.05, 4.69) is 45.2 Å². The summed E-state index contributed by atoms with van der Waals surface area (Å²) in [4.78, 5) is 2.18. The lowest BCUT2D eigenvalue weighted by atomic mass is 9.92. The molecule has 0 aromatic heterocycles. The van der Waals surface area contributed by atoms with Gasteiger partial charge in [-0.15, -0.1) is 0 Å². The summed E-state index contributed by atoms with van der Waals surface area (Å²) in [6, 6.07) is 0.345. The van der Waals surface area contributed by atoms with Crippen LogP contribution in [0.5, 0.6) is 0 Å². The molecule has 0 fully saturated rings. The third-order valence-electron chi connectivity index (χ3n) is 2.61. The predicted octanol–water partition coefficient (Wildman–Crippen LogP) is 0.569. The van der Waals surface area contributed by atoms with Crippen molar-refractivity contribution in [3.8, 4) is 0 Å². The molecule has 3 nitrogen and oxygen atoms in total. The van der Waals surface area contributed by atoms with Gasteiger partial charge in [0, 0.05) is 11.6 Å². The van der Waals surface area contributed by atoms with Crippen LogP contribution in [0.15, 0.2) is 0 Å². The van der Waals surface area contributed by atoms with Crippen molar-refractivity contribution < 1.29 is 0 Å². The molecule has 3 heteroatoms. The Morgan fingerprint density at radius 3 is 2.00 bits per heavy atom. The molecule has 0 saturated carbocycles. The van der Waals surface area contributed by atoms with E-state index in [-0.39, 0.29) is 5.54 Å². The third-order valence-corrected chi connectivity index (χ3v) is 2.61. The molecule has 0 heterocycles. The standard InChI is InChI=1S/C8H21N3/c1-6-7(10-9)8(2,3)11(4)5/h7,10H,6,9H2,1-5H3. The average Bonchev–Trinajstić information content (AvgIpc) is 1.89. The summed E-state index contributed by atoms with van der Waals surface area (Å²) in [5.74, 6) is 5.43. The lowest BCUT2D eigenvalue weighted by Crippen LogP contribution is -2.56. The predicted molar refractivity (Wildman–Crippen MR) is 49.2 cm³/mol. The van der Waals surface area contributed by atoms with Gasteiger partial charge in [0.05, 0.1) is 0 Å². The molecule has 0 spiro atoms. The molecule has 0 aliphatic rings. The zero-order valence-electron chi connectivity index (χ0n) is 8.31. The van der Waals surface area contributed by atoms with Gasteiger partial charge >= 0.3 is 0 Å². The maximum atomic E-state index is 5.43. The van der Waals surface area contributed by atoms with Crippen LogP contribution in [0.3, 0.4) is 0 Å². The molecule has 0 aromatic rings. The van der Waals surface area contributed by atoms with Crippen molar-refractivity contribution in [2.75, 3.05) is 14.1 Å². The van der Waals surface area contributed by atoms with Crippen molar-refractivity contribution >= 4 is 0 Å². The van der Waals surface area contributed by atoms with E-state index in [9.17, 15) is 0 Å². The molecule has 0 radical (unpaired) electrons. The Bertz CT molecular complexity index is 106. The minimum atomic E-state index is 0.115. The van der Waals surface area contributed by atoms with Crippen LogP contribution in [-0.2, 0) is 0 Å². The van der Waals surface area contributed by atoms with Crippen LogP contribution in [0.2, 0.25) is 0 Å². The van der Waals surface area contributed by atoms with Crippen LogP contribution in [0, 0.1) is 0 Å². The van der Waals surface area contributed by atoms with Crippen LogP contribution >= 0.6 is 0 Å². The number of likely N-dealkylation sites (N-methyl/N-ethyl adjacent to an activating group) is 1. The summed E-state index contributed by atoms with van der Waals surface area (Å²) < 4.78 is 0. The molecule has 0 saturated heterocycles. The summed E-state index contributed by atoms with van der Waals surface area (Å²) >= 11 is 0. The summed E-state index contributed by atoms with van der Waals surface area (Å²) in [6.07, 6.45) is 1.04. The minimum Gasteiger partial charge on any atom is -0.303 e. The molecule has 0 amide bonds. The van der Waals surface area contributed by atoms with E-state index in [0.29, 0.717) is 6.04 Å². The van der Waals surface area contributed by atoms with Crippen LogP contribution in [0.25, 0.3) is 0 Å². The summed E-state index contributed by atoms with van der Waals surface area (Å²) in [6.45, 7) is 6.50. The fourth-order valence-corrected chi connectivity index (χ4v) is 1.13. The summed E-state index contributed by atoms with van der Waals surface area (Å²) in [5, 5.41) is 0. The molecule has 1 atom stereocenters. The number of nitrogens with two attached hydrogens (primary N) is 1. The van der Waals surface area contributed by atoms with Gasteiger partial charge in [-0.2, -0.15) is 0 Å². The SMILES string of the molecule is CCC(NN)C(C)(C)N(C)C. The average molecular weight is 159 g/mol. The minimum absolute atomic E-state index is 0.115. The van der Waals surface area contributed by atoms with Crippen molar-refractivity contribution in [3.05, 3.63) is 0 Å². The topological polar surface area (TPSA) is 41.3 Å². The highest BCUT2D eigenvalue weighted by Gasteiger charge is 2.28. The van der Waals surface area contributed by atoms with E-state index >= 15 is 0 Å². The van der Waals surface area contributed by atoms with Gasteiger partial charge in [0.1, 0.15) is 0 Å². The van der Waals surface area contributed by atoms with Crippen molar-refractivity contribution in [1.29, 1.82) is 0 Å². The Balaban J connectivity index is 4.24. The maximum absolute atomic E-state index is 5.43. The zero-order chi connectivity index (χ0) is 9.07. The number of hydrogen-bond acceptors (Lipinski definition) is 3. The van der Waals surface area contributed by atoms with Gasteiger partial charge in [0.2, 0.25) is 0 Å². The van der Waals surface area contributed by atoms with Gasteiger partial charge in [0.15, 0.2) is 0 Å². The molecular formula is C8H21N3. The van der Waals surface area contributed by atoms with Gasteiger partial charge in [-0.25, -0.2) is 0 Å². The fraction of sp³-hybridized carbons (Fsp3) is 1.00. The second-order valence-electron chi connectivity index (χ2n) is 3.68. The Kier molecular flexibility index (Phi) is 4.00. The van der Waals surface area contributed by atoms with Crippen molar-refractivity contribution in [2.45, 2.75) is 38.8 Å². The second kappa shape index (κ2) is 4.04. The molecule has 11 heavy (non-hydrogen) atoms. The maximum Gasteiger partial charge on any atom is 0.0386 e. The number of hydrogen-bond donors (Lipinski definition) is 2. The van der Waals surface area contributed by atoms with E-state index in [1.54, 1.807) is 0 Å². The van der Waals surface area contributed by atoms with Crippen molar-refractivity contribution in [3.63, 3.8) is 0 Å². The quantitative estimate of drug-likeness (QED) is 0.465. The molecular weight excluding hydrogens is 138 g/mol. The van der Waals surface area contributed by atoms with Crippen molar-refractivity contribution in [1.82, 2.24) is 10.3 Å². The lowest BCUT2D eigenvalue weighted by molar-refractivity contribution is 0.135. The first-order valence-electron chi connectivity index (χ1n) is 4.10. The highest BCUT2D eigenvalue weighted by atomic mass is 15.3. The van der Waals surface area contributed by atoms with Gasteiger partial charge in [-0.3, -0.25) is 11.3 Å². The molecule has 0 bridgehead atoms. The first-order valence-corrected chi connectivity index (χ1v) is 4.10. The number of hydrazine groups is 1. The van der Waals surface area contributed by atoms with Gasteiger partial charge in [-0.1, -0.05) is 6.92 Å². The van der Waals surface area contributed by atoms with Crippen LogP contribution in [-0.4, -0.2) is 30.6 Å². The number of nitrogens with zero attached hydrogens (tertiary/aromatic N) is 1. The summed E-state index contributed by atoms with van der Waals surface area (Å²) in [5.41, 5.74) is 2.95. The van der Waals surface area contributed by atoms with E-state index in [1.165, 1.54) is 0 Å². The summed E-state index contributed by atoms with van der Waals surface area (Å²) in [7, 11) is 4.14. The van der Waals surface area contributed by atoms with E-state index in [4.69, 9.17) is 5.84 Å². The Hall–Kier alpha value is -0.120. The third kappa shape index (κ3) is 2.43. The smallest absolute Gasteiger partial charge is 0.0386 e. The molecule has 0 rings (SSSR count). The molecule has 0 aliphatic heterocycles. The molecule has 0 aliphatic carbocycles. The Labute approximate surface area is 69.9 Å². The fourth-order valence-electron chi connectivity index (χ4n) is 1.13. The van der Waals surface area contributed by atoms with Crippen LogP contribution in [0.4, 0.5) is 0 Å². The van der Waals surface area contributed by atoms with E-state index in [0.717, 1.165) is 6.42 Å². The number of rotatable bonds is 4. The van der Waals surface area contributed by atoms with Gasteiger partial charge in [0.25, 0.3) is 0 Å². The largest absolute Gasteiger partial charge is 0.303 e. The van der Waals surface area contributed by atoms with E-state index in [1.807, 2.05) is 0 Å². The van der Waals surface area contributed by atoms with Crippen LogP contribution in [0.1, 0.15) is 27.2 Å². The first kappa shape index (κ1) is 10.9. The normalized spacial score (nSPS) is 15.5. The Morgan fingerprint density at radius 1 is 1.45 bits per heavy atom. The molecule has 3 N–H and O–H groups in total. The van der Waals surface area contributed by atoms with E-state index < -0.39 is 0 Å². The highest BCUT2D eigenvalue weighted by molar-refractivity contribution is 4.88.